The summed E-state index contributed by atoms with van der Waals surface area (Å²) in [5.74, 6) is 1.86. The summed E-state index contributed by atoms with van der Waals surface area (Å²) in [4.78, 5) is 0. The van der Waals surface area contributed by atoms with Crippen molar-refractivity contribution in [3.8, 4) is 0 Å². The van der Waals surface area contributed by atoms with Crippen molar-refractivity contribution in [2.24, 2.45) is 0 Å². The normalized spacial score (nSPS) is 12.3. The molecule has 20 heavy (non-hydrogen) atoms. The van der Waals surface area contributed by atoms with Gasteiger partial charge < -0.3 is 19.2 Å². The van der Waals surface area contributed by atoms with Crippen LogP contribution in [0.3, 0.4) is 0 Å². The molecule has 1 aromatic rings. The predicted molar refractivity (Wildman–Crippen MR) is 80.8 cm³/mol. The lowest BCUT2D eigenvalue weighted by Gasteiger charge is -2.19. The number of ether oxygens (including phenoxy) is 2. The smallest absolute Gasteiger partial charge is 0.130 e. The standard InChI is InChI=1S/C16H29NO3/c1-12(2)19-8-7-18-11-14-9-13(3)15(20-14)10-17-16(4,5)6/h9,12,17H,7-8,10-11H2,1-6H3. The molecule has 1 N–H and O–H groups in total. The minimum absolute atomic E-state index is 0.0874. The van der Waals surface area contributed by atoms with Gasteiger partial charge in [-0.2, -0.15) is 0 Å². The molecule has 1 rings (SSSR count). The minimum Gasteiger partial charge on any atom is -0.462 e. The van der Waals surface area contributed by atoms with Gasteiger partial charge in [0.15, 0.2) is 0 Å². The molecule has 0 fully saturated rings. The van der Waals surface area contributed by atoms with E-state index in [9.17, 15) is 0 Å². The number of hydrogen-bond donors (Lipinski definition) is 1. The Kier molecular flexibility index (Phi) is 6.72. The zero-order chi connectivity index (χ0) is 15.2. The fourth-order valence-corrected chi connectivity index (χ4v) is 1.70. The molecule has 1 heterocycles. The fourth-order valence-electron chi connectivity index (χ4n) is 1.70. The van der Waals surface area contributed by atoms with Gasteiger partial charge in [0.25, 0.3) is 0 Å². The molecule has 1 aromatic heterocycles. The first-order chi connectivity index (χ1) is 9.28. The first-order valence-electron chi connectivity index (χ1n) is 7.30. The molecular formula is C16H29NO3. The Bertz CT molecular complexity index is 391. The van der Waals surface area contributed by atoms with Crippen LogP contribution in [0.15, 0.2) is 10.5 Å². The average molecular weight is 283 g/mol. The lowest BCUT2D eigenvalue weighted by molar-refractivity contribution is 0.0101. The van der Waals surface area contributed by atoms with E-state index in [0.717, 1.165) is 18.1 Å². The lowest BCUT2D eigenvalue weighted by atomic mass is 10.1. The summed E-state index contributed by atoms with van der Waals surface area (Å²) in [6.45, 7) is 15.0. The number of rotatable bonds is 8. The summed E-state index contributed by atoms with van der Waals surface area (Å²) >= 11 is 0. The third-order valence-electron chi connectivity index (χ3n) is 2.77. The van der Waals surface area contributed by atoms with Crippen molar-refractivity contribution < 1.29 is 13.9 Å². The largest absolute Gasteiger partial charge is 0.462 e. The molecule has 0 aliphatic heterocycles. The van der Waals surface area contributed by atoms with Gasteiger partial charge in [-0.05, 0) is 53.2 Å². The van der Waals surface area contributed by atoms with Crippen molar-refractivity contribution in [3.05, 3.63) is 23.2 Å². The molecule has 0 atom stereocenters. The fraction of sp³-hybridized carbons (Fsp3) is 0.750. The highest BCUT2D eigenvalue weighted by molar-refractivity contribution is 5.19. The van der Waals surface area contributed by atoms with Crippen LogP contribution in [0.4, 0.5) is 0 Å². The summed E-state index contributed by atoms with van der Waals surface area (Å²) in [7, 11) is 0. The van der Waals surface area contributed by atoms with E-state index in [-0.39, 0.29) is 11.6 Å². The quantitative estimate of drug-likeness (QED) is 0.742. The van der Waals surface area contributed by atoms with Gasteiger partial charge in [0.05, 0.1) is 25.9 Å². The van der Waals surface area contributed by atoms with E-state index in [1.807, 2.05) is 19.9 Å². The first kappa shape index (κ1) is 17.2. The van der Waals surface area contributed by atoms with Gasteiger partial charge in [-0.25, -0.2) is 0 Å². The first-order valence-corrected chi connectivity index (χ1v) is 7.30. The van der Waals surface area contributed by atoms with Crippen molar-refractivity contribution >= 4 is 0 Å². The van der Waals surface area contributed by atoms with Crippen LogP contribution >= 0.6 is 0 Å². The van der Waals surface area contributed by atoms with Crippen LogP contribution in [0.5, 0.6) is 0 Å². The van der Waals surface area contributed by atoms with Crippen LogP contribution < -0.4 is 5.32 Å². The Morgan fingerprint density at radius 2 is 1.95 bits per heavy atom. The summed E-state index contributed by atoms with van der Waals surface area (Å²) in [5, 5.41) is 3.43. The highest BCUT2D eigenvalue weighted by atomic mass is 16.5. The van der Waals surface area contributed by atoms with E-state index in [1.165, 1.54) is 5.56 Å². The molecule has 0 saturated carbocycles. The number of nitrogens with one attached hydrogen (secondary N) is 1. The van der Waals surface area contributed by atoms with Crippen LogP contribution in [-0.4, -0.2) is 24.9 Å². The molecule has 0 unspecified atom stereocenters. The van der Waals surface area contributed by atoms with E-state index in [2.05, 4.69) is 33.0 Å². The molecule has 0 aliphatic rings. The molecule has 0 aliphatic carbocycles. The zero-order valence-electron chi connectivity index (χ0n) is 13.7. The van der Waals surface area contributed by atoms with Gasteiger partial charge in [0.2, 0.25) is 0 Å². The zero-order valence-corrected chi connectivity index (χ0v) is 13.7. The molecular weight excluding hydrogens is 254 g/mol. The Labute approximate surface area is 122 Å². The molecule has 0 aromatic carbocycles. The van der Waals surface area contributed by atoms with Crippen LogP contribution in [0.1, 0.15) is 51.7 Å². The SMILES string of the molecule is Cc1cc(COCCOC(C)C)oc1CNC(C)(C)C. The van der Waals surface area contributed by atoms with Crippen molar-refractivity contribution in [2.75, 3.05) is 13.2 Å². The molecule has 4 heteroatoms. The third kappa shape index (κ3) is 7.08. The maximum absolute atomic E-state index is 5.81. The highest BCUT2D eigenvalue weighted by Crippen LogP contribution is 2.16. The van der Waals surface area contributed by atoms with E-state index in [1.54, 1.807) is 0 Å². The lowest BCUT2D eigenvalue weighted by Crippen LogP contribution is -2.35. The molecule has 116 valence electrons. The molecule has 0 spiro atoms. The Morgan fingerprint density at radius 1 is 1.25 bits per heavy atom. The highest BCUT2D eigenvalue weighted by Gasteiger charge is 2.12. The second-order valence-corrected chi connectivity index (χ2v) is 6.39. The predicted octanol–water partition coefficient (Wildman–Crippen LogP) is 3.42. The monoisotopic (exact) mass is 283 g/mol. The van der Waals surface area contributed by atoms with Crippen LogP contribution in [0, 0.1) is 6.92 Å². The molecule has 0 amide bonds. The van der Waals surface area contributed by atoms with Crippen LogP contribution in [0.2, 0.25) is 0 Å². The second kappa shape index (κ2) is 7.81. The van der Waals surface area contributed by atoms with Gasteiger partial charge >= 0.3 is 0 Å². The summed E-state index contributed by atoms with van der Waals surface area (Å²) in [5.41, 5.74) is 1.25. The maximum atomic E-state index is 5.81. The van der Waals surface area contributed by atoms with E-state index in [4.69, 9.17) is 13.9 Å². The van der Waals surface area contributed by atoms with Crippen molar-refractivity contribution in [1.29, 1.82) is 0 Å². The molecule has 0 saturated heterocycles. The maximum Gasteiger partial charge on any atom is 0.130 e. The van der Waals surface area contributed by atoms with E-state index < -0.39 is 0 Å². The average Bonchev–Trinajstić information content (AvgIpc) is 2.65. The summed E-state index contributed by atoms with van der Waals surface area (Å²) in [6.07, 6.45) is 0.250. The van der Waals surface area contributed by atoms with E-state index >= 15 is 0 Å². The Balaban J connectivity index is 2.33. The Hall–Kier alpha value is -0.840. The number of furan rings is 1. The van der Waals surface area contributed by atoms with Gasteiger partial charge in [-0.15, -0.1) is 0 Å². The van der Waals surface area contributed by atoms with Gasteiger partial charge in [-0.3, -0.25) is 0 Å². The topological polar surface area (TPSA) is 43.6 Å². The Morgan fingerprint density at radius 3 is 2.55 bits per heavy atom. The summed E-state index contributed by atoms with van der Waals surface area (Å²) < 4.78 is 16.8. The molecule has 0 radical (unpaired) electrons. The van der Waals surface area contributed by atoms with E-state index in [0.29, 0.717) is 19.8 Å². The van der Waals surface area contributed by atoms with Gasteiger partial charge in [0, 0.05) is 5.54 Å². The van der Waals surface area contributed by atoms with Crippen LogP contribution in [0.25, 0.3) is 0 Å². The number of aryl methyl sites for hydroxylation is 1. The molecule has 4 nitrogen and oxygen atoms in total. The second-order valence-electron chi connectivity index (χ2n) is 6.39. The third-order valence-corrected chi connectivity index (χ3v) is 2.77. The van der Waals surface area contributed by atoms with Gasteiger partial charge in [-0.1, -0.05) is 0 Å². The van der Waals surface area contributed by atoms with Crippen molar-refractivity contribution in [1.82, 2.24) is 5.32 Å². The van der Waals surface area contributed by atoms with Crippen molar-refractivity contribution in [3.63, 3.8) is 0 Å². The molecule has 0 bridgehead atoms. The van der Waals surface area contributed by atoms with Crippen molar-refractivity contribution in [2.45, 2.75) is 66.3 Å². The minimum atomic E-state index is 0.0874. The summed E-state index contributed by atoms with van der Waals surface area (Å²) in [6, 6.07) is 2.04. The number of hydrogen-bond acceptors (Lipinski definition) is 4. The van der Waals surface area contributed by atoms with Gasteiger partial charge in [0.1, 0.15) is 18.1 Å². The van der Waals surface area contributed by atoms with Crippen LogP contribution in [-0.2, 0) is 22.6 Å².